The van der Waals surface area contributed by atoms with E-state index in [1.165, 1.54) is 12.1 Å². The van der Waals surface area contributed by atoms with Crippen LogP contribution in [0.25, 0.3) is 20.9 Å². The van der Waals surface area contributed by atoms with Gasteiger partial charge in [-0.2, -0.15) is 0 Å². The van der Waals surface area contributed by atoms with Crippen LogP contribution >= 0.6 is 23.3 Å². The van der Waals surface area contributed by atoms with Crippen molar-refractivity contribution in [3.8, 4) is 20.9 Å². The molecule has 10 heteroatoms. The van der Waals surface area contributed by atoms with E-state index in [1.807, 2.05) is 23.1 Å². The second-order valence-electron chi connectivity index (χ2n) is 9.46. The summed E-state index contributed by atoms with van der Waals surface area (Å²) in [5.41, 5.74) is 4.58. The van der Waals surface area contributed by atoms with Gasteiger partial charge in [0.25, 0.3) is 5.91 Å². The molecule has 0 atom stereocenters. The Hall–Kier alpha value is -3.31. The normalized spacial score (nSPS) is 15.5. The molecule has 2 aliphatic heterocycles. The second kappa shape index (κ2) is 11.4. The van der Waals surface area contributed by atoms with Crippen LogP contribution in [0.4, 0.5) is 14.5 Å². The zero-order valence-corrected chi connectivity index (χ0v) is 22.7. The topological polar surface area (TPSA) is 57.7 Å². The molecule has 1 N–H and O–H groups in total. The summed E-state index contributed by atoms with van der Waals surface area (Å²) in [7, 11) is 0. The third-order valence-corrected chi connectivity index (χ3v) is 8.93. The van der Waals surface area contributed by atoms with Crippen molar-refractivity contribution in [1.29, 1.82) is 0 Å². The number of carbonyl (C=O) groups is 1. The van der Waals surface area contributed by atoms with E-state index in [0.29, 0.717) is 17.1 Å². The number of nitrogens with zero attached hydrogens (tertiary/aromatic N) is 3. The van der Waals surface area contributed by atoms with Crippen LogP contribution in [-0.4, -0.2) is 60.1 Å². The lowest BCUT2D eigenvalue weighted by Gasteiger charge is -2.28. The molecule has 1 fully saturated rings. The van der Waals surface area contributed by atoms with Crippen molar-refractivity contribution < 1.29 is 18.3 Å². The highest BCUT2D eigenvalue weighted by Crippen LogP contribution is 2.37. The molecule has 0 aliphatic carbocycles. The van der Waals surface area contributed by atoms with Crippen molar-refractivity contribution in [2.45, 2.75) is 11.4 Å². The molecule has 39 heavy (non-hydrogen) atoms. The Morgan fingerprint density at radius 3 is 2.59 bits per heavy atom. The van der Waals surface area contributed by atoms with Crippen LogP contribution in [-0.2, 0) is 11.3 Å². The van der Waals surface area contributed by atoms with E-state index >= 15 is 0 Å². The van der Waals surface area contributed by atoms with E-state index in [9.17, 15) is 13.6 Å². The average molecular weight is 565 g/mol. The van der Waals surface area contributed by atoms with Gasteiger partial charge in [-0.1, -0.05) is 6.07 Å². The fraction of sp³-hybridized carbons (Fsp3) is 0.241. The number of halogens is 2. The van der Waals surface area contributed by atoms with Crippen LogP contribution in [0.2, 0.25) is 0 Å². The Morgan fingerprint density at radius 1 is 0.949 bits per heavy atom. The maximum absolute atomic E-state index is 14.0. The van der Waals surface area contributed by atoms with Crippen LogP contribution in [0.5, 0.6) is 0 Å². The number of pyridine rings is 1. The van der Waals surface area contributed by atoms with Crippen molar-refractivity contribution in [2.24, 2.45) is 0 Å². The predicted octanol–water partition coefficient (Wildman–Crippen LogP) is 6.16. The van der Waals surface area contributed by atoms with Gasteiger partial charge in [0.15, 0.2) is 0 Å². The number of thiophene rings is 1. The first kappa shape index (κ1) is 25.9. The first-order valence-corrected chi connectivity index (χ1v) is 14.3. The van der Waals surface area contributed by atoms with Gasteiger partial charge in [-0.05, 0) is 65.5 Å². The summed E-state index contributed by atoms with van der Waals surface area (Å²) in [5, 5.41) is 0. The largest absolute Gasteiger partial charge is 0.379 e. The van der Waals surface area contributed by atoms with Crippen molar-refractivity contribution in [3.05, 3.63) is 89.8 Å². The highest BCUT2D eigenvalue weighted by atomic mass is 32.2. The first-order valence-electron chi connectivity index (χ1n) is 12.7. The second-order valence-corrected chi connectivity index (χ2v) is 11.4. The summed E-state index contributed by atoms with van der Waals surface area (Å²) in [6.45, 7) is 5.56. The van der Waals surface area contributed by atoms with Crippen LogP contribution in [0.3, 0.4) is 0 Å². The third-order valence-electron chi connectivity index (χ3n) is 6.86. The lowest BCUT2D eigenvalue weighted by atomic mass is 10.1. The van der Waals surface area contributed by atoms with Gasteiger partial charge in [0.2, 0.25) is 0 Å². The Bertz CT molecular complexity index is 1510. The fourth-order valence-corrected chi connectivity index (χ4v) is 6.37. The molecule has 0 saturated carbocycles. The highest BCUT2D eigenvalue weighted by molar-refractivity contribution is 8.00. The van der Waals surface area contributed by atoms with E-state index in [2.05, 4.69) is 32.8 Å². The number of nitrogens with one attached hydrogen (secondary N) is 1. The molecule has 0 spiro atoms. The summed E-state index contributed by atoms with van der Waals surface area (Å²) < 4.78 is 35.6. The standard InChI is InChI=1S/C29H26F2N4O2S2/c30-22-2-4-28(25(31)15-22)39-33-23-14-20(16-32-17-23)27-6-5-26(38-27)19-1-3-24-21(13-19)18-35(29(24)36)8-7-34-9-11-37-12-10-34/h1-6,13-17,33H,7-12,18H2. The number of hydrogen-bond donors (Lipinski definition) is 1. The molecular weight excluding hydrogens is 538 g/mol. The third kappa shape index (κ3) is 5.84. The van der Waals surface area contributed by atoms with Crippen molar-refractivity contribution >= 4 is 34.9 Å². The van der Waals surface area contributed by atoms with Crippen LogP contribution in [0, 0.1) is 11.6 Å². The summed E-state index contributed by atoms with van der Waals surface area (Å²) in [4.78, 5) is 24.0. The Balaban J connectivity index is 1.12. The number of benzene rings is 2. The minimum absolute atomic E-state index is 0.102. The van der Waals surface area contributed by atoms with E-state index in [0.717, 1.165) is 89.4 Å². The van der Waals surface area contributed by atoms with E-state index in [-0.39, 0.29) is 5.91 Å². The van der Waals surface area contributed by atoms with E-state index < -0.39 is 11.6 Å². The molecular formula is C29H26F2N4O2S2. The number of ether oxygens (including phenoxy) is 1. The van der Waals surface area contributed by atoms with Crippen molar-refractivity contribution in [3.63, 3.8) is 0 Å². The molecule has 2 aromatic heterocycles. The van der Waals surface area contributed by atoms with Gasteiger partial charge >= 0.3 is 0 Å². The Kier molecular flexibility index (Phi) is 7.60. The molecule has 2 aliphatic rings. The number of hydrogen-bond acceptors (Lipinski definition) is 7. The zero-order chi connectivity index (χ0) is 26.8. The van der Waals surface area contributed by atoms with Gasteiger partial charge in [-0.25, -0.2) is 8.78 Å². The highest BCUT2D eigenvalue weighted by Gasteiger charge is 2.28. The number of carbonyl (C=O) groups excluding carboxylic acids is 1. The number of amides is 1. The van der Waals surface area contributed by atoms with Crippen molar-refractivity contribution in [1.82, 2.24) is 14.8 Å². The molecule has 0 bridgehead atoms. The number of morpholine rings is 1. The molecule has 0 radical (unpaired) electrons. The Morgan fingerprint density at radius 2 is 1.77 bits per heavy atom. The molecule has 4 heterocycles. The van der Waals surface area contributed by atoms with Crippen LogP contribution < -0.4 is 4.72 Å². The molecule has 2 aromatic carbocycles. The summed E-state index contributed by atoms with van der Waals surface area (Å²) in [5.74, 6) is -1.12. The van der Waals surface area contributed by atoms with E-state index in [1.54, 1.807) is 23.7 Å². The van der Waals surface area contributed by atoms with Gasteiger partial charge in [-0.15, -0.1) is 11.3 Å². The van der Waals surface area contributed by atoms with Crippen molar-refractivity contribution in [2.75, 3.05) is 44.1 Å². The predicted molar refractivity (Wildman–Crippen MR) is 151 cm³/mol. The number of rotatable bonds is 8. The van der Waals surface area contributed by atoms with Gasteiger partial charge in [0.05, 0.1) is 30.0 Å². The lowest BCUT2D eigenvalue weighted by Crippen LogP contribution is -2.41. The number of anilines is 1. The molecule has 200 valence electrons. The number of aromatic nitrogens is 1. The lowest BCUT2D eigenvalue weighted by molar-refractivity contribution is 0.0327. The Labute approximate surface area is 233 Å². The van der Waals surface area contributed by atoms with Gasteiger partial charge in [0, 0.05) is 65.9 Å². The maximum Gasteiger partial charge on any atom is 0.254 e. The number of fused-ring (bicyclic) bond motifs is 1. The minimum Gasteiger partial charge on any atom is -0.379 e. The zero-order valence-electron chi connectivity index (χ0n) is 21.0. The van der Waals surface area contributed by atoms with Gasteiger partial charge < -0.3 is 14.4 Å². The van der Waals surface area contributed by atoms with Gasteiger partial charge in [-0.3, -0.25) is 14.7 Å². The molecule has 1 amide bonds. The van der Waals surface area contributed by atoms with Gasteiger partial charge in [0.1, 0.15) is 11.6 Å². The maximum atomic E-state index is 14.0. The SMILES string of the molecule is O=C1c2ccc(-c3ccc(-c4cncc(NSc5ccc(F)cc5F)c4)s3)cc2CN1CCN1CCOCC1. The monoisotopic (exact) mass is 564 g/mol. The molecule has 0 unspecified atom stereocenters. The minimum atomic E-state index is -0.615. The average Bonchev–Trinajstić information content (AvgIpc) is 3.57. The van der Waals surface area contributed by atoms with Crippen LogP contribution in [0.1, 0.15) is 15.9 Å². The van der Waals surface area contributed by atoms with E-state index in [4.69, 9.17) is 4.74 Å². The van der Waals surface area contributed by atoms with Crippen LogP contribution in [0.15, 0.2) is 71.9 Å². The fourth-order valence-electron chi connectivity index (χ4n) is 4.75. The summed E-state index contributed by atoms with van der Waals surface area (Å²) in [6.07, 6.45) is 3.45. The molecule has 4 aromatic rings. The molecule has 1 saturated heterocycles. The smallest absolute Gasteiger partial charge is 0.254 e. The summed E-state index contributed by atoms with van der Waals surface area (Å²) in [6, 6.07) is 15.7. The first-order chi connectivity index (χ1) is 19.0. The quantitative estimate of drug-likeness (QED) is 0.259. The summed E-state index contributed by atoms with van der Waals surface area (Å²) >= 11 is 2.72. The molecule has 6 rings (SSSR count). The molecule has 6 nitrogen and oxygen atoms in total.